The molecule has 0 atom stereocenters. The topological polar surface area (TPSA) is 72.5 Å². The SMILES string of the molecule is CC(C)(CCCC=O)NS(=O)(=O)c1ccc(F)c(OCC(F)F)c1. The van der Waals surface area contributed by atoms with Crippen molar-refractivity contribution in [2.45, 2.75) is 50.0 Å². The summed E-state index contributed by atoms with van der Waals surface area (Å²) in [4.78, 5) is 10.0. The van der Waals surface area contributed by atoms with Gasteiger partial charge in [-0.25, -0.2) is 26.3 Å². The molecule has 0 aliphatic carbocycles. The molecule has 0 bridgehead atoms. The fourth-order valence-electron chi connectivity index (χ4n) is 2.02. The lowest BCUT2D eigenvalue weighted by atomic mass is 9.99. The Morgan fingerprint density at radius 2 is 2.00 bits per heavy atom. The summed E-state index contributed by atoms with van der Waals surface area (Å²) in [7, 11) is -4.01. The molecule has 0 fully saturated rings. The van der Waals surface area contributed by atoms with E-state index < -0.39 is 40.2 Å². The first-order chi connectivity index (χ1) is 11.1. The number of sulfonamides is 1. The Bertz CT molecular complexity index is 663. The normalized spacial score (nSPS) is 12.4. The van der Waals surface area contributed by atoms with E-state index in [0.29, 0.717) is 19.3 Å². The number of hydrogen-bond donors (Lipinski definition) is 1. The van der Waals surface area contributed by atoms with Gasteiger partial charge in [-0.1, -0.05) is 0 Å². The highest BCUT2D eigenvalue weighted by Crippen LogP contribution is 2.24. The van der Waals surface area contributed by atoms with Crippen molar-refractivity contribution >= 4 is 16.3 Å². The summed E-state index contributed by atoms with van der Waals surface area (Å²) >= 11 is 0. The molecule has 0 aliphatic heterocycles. The van der Waals surface area contributed by atoms with E-state index >= 15 is 0 Å². The third kappa shape index (κ3) is 6.48. The van der Waals surface area contributed by atoms with Crippen molar-refractivity contribution < 1.29 is 31.1 Å². The number of nitrogens with one attached hydrogen (secondary N) is 1. The molecule has 0 spiro atoms. The lowest BCUT2D eigenvalue weighted by Crippen LogP contribution is -2.43. The third-order valence-electron chi connectivity index (χ3n) is 3.11. The molecule has 1 aromatic rings. The number of carbonyl (C=O) groups excluding carboxylic acids is 1. The Morgan fingerprint density at radius 1 is 1.33 bits per heavy atom. The van der Waals surface area contributed by atoms with Gasteiger partial charge in [0, 0.05) is 18.0 Å². The van der Waals surface area contributed by atoms with E-state index in [1.54, 1.807) is 13.8 Å². The number of alkyl halides is 2. The minimum atomic E-state index is -4.01. The Morgan fingerprint density at radius 3 is 2.58 bits per heavy atom. The molecule has 0 radical (unpaired) electrons. The van der Waals surface area contributed by atoms with E-state index in [9.17, 15) is 26.4 Å². The lowest BCUT2D eigenvalue weighted by molar-refractivity contribution is -0.107. The summed E-state index contributed by atoms with van der Waals surface area (Å²) in [6.07, 6.45) is -0.823. The molecule has 0 aliphatic rings. The van der Waals surface area contributed by atoms with Crippen LogP contribution >= 0.6 is 0 Å². The van der Waals surface area contributed by atoms with Crippen molar-refractivity contribution in [3.05, 3.63) is 24.0 Å². The largest absolute Gasteiger partial charge is 0.485 e. The fourth-order valence-corrected chi connectivity index (χ4v) is 3.47. The first kappa shape index (κ1) is 20.4. The average Bonchev–Trinajstić information content (AvgIpc) is 2.45. The van der Waals surface area contributed by atoms with Gasteiger partial charge in [0.15, 0.2) is 11.6 Å². The summed E-state index contributed by atoms with van der Waals surface area (Å²) in [5.74, 6) is -1.49. The number of rotatable bonds is 10. The highest BCUT2D eigenvalue weighted by Gasteiger charge is 2.26. The minimum absolute atomic E-state index is 0.295. The van der Waals surface area contributed by atoms with Gasteiger partial charge in [0.25, 0.3) is 6.43 Å². The lowest BCUT2D eigenvalue weighted by Gasteiger charge is -2.25. The van der Waals surface area contributed by atoms with E-state index in [4.69, 9.17) is 0 Å². The molecular weight excluding hydrogens is 347 g/mol. The zero-order chi connectivity index (χ0) is 18.4. The standard InChI is InChI=1S/C15H20F3NO4S/c1-15(2,7-3-4-8-20)19-24(21,22)11-5-6-12(16)13(9-11)23-10-14(17)18/h5-6,8-9,14,19H,3-4,7,10H2,1-2H3. The molecule has 24 heavy (non-hydrogen) atoms. The molecule has 0 saturated carbocycles. The van der Waals surface area contributed by atoms with E-state index in [-0.39, 0.29) is 4.90 Å². The van der Waals surface area contributed by atoms with Crippen LogP contribution in [0.3, 0.4) is 0 Å². The second kappa shape index (κ2) is 8.48. The summed E-state index contributed by atoms with van der Waals surface area (Å²) in [6, 6.07) is 2.73. The summed E-state index contributed by atoms with van der Waals surface area (Å²) in [6.45, 7) is 2.26. The number of ether oxygens (including phenoxy) is 1. The highest BCUT2D eigenvalue weighted by atomic mass is 32.2. The van der Waals surface area contributed by atoms with Crippen LogP contribution in [0, 0.1) is 5.82 Å². The van der Waals surface area contributed by atoms with Gasteiger partial charge >= 0.3 is 0 Å². The molecule has 0 amide bonds. The molecule has 136 valence electrons. The quantitative estimate of drug-likeness (QED) is 0.510. The maximum atomic E-state index is 13.5. The monoisotopic (exact) mass is 367 g/mol. The van der Waals surface area contributed by atoms with Crippen molar-refractivity contribution in [2.75, 3.05) is 6.61 Å². The van der Waals surface area contributed by atoms with E-state index in [1.807, 2.05) is 0 Å². The molecule has 0 aromatic heterocycles. The van der Waals surface area contributed by atoms with Crippen molar-refractivity contribution in [2.24, 2.45) is 0 Å². The van der Waals surface area contributed by atoms with Crippen LogP contribution in [0.2, 0.25) is 0 Å². The number of benzene rings is 1. The van der Waals surface area contributed by atoms with Gasteiger partial charge in [0.1, 0.15) is 12.9 Å². The molecule has 1 rings (SSSR count). The highest BCUT2D eigenvalue weighted by molar-refractivity contribution is 7.89. The predicted molar refractivity (Wildman–Crippen MR) is 82.2 cm³/mol. The van der Waals surface area contributed by atoms with Crippen molar-refractivity contribution in [3.63, 3.8) is 0 Å². The molecule has 0 unspecified atom stereocenters. The Labute approximate surface area is 139 Å². The predicted octanol–water partition coefficient (Wildman–Crippen LogP) is 2.90. The van der Waals surface area contributed by atoms with Crippen LogP contribution in [0.5, 0.6) is 5.75 Å². The first-order valence-electron chi connectivity index (χ1n) is 7.25. The third-order valence-corrected chi connectivity index (χ3v) is 4.81. The molecule has 0 heterocycles. The molecular formula is C15H20F3NO4S. The second-order valence-electron chi connectivity index (χ2n) is 5.84. The van der Waals surface area contributed by atoms with Crippen LogP contribution in [0.1, 0.15) is 33.1 Å². The van der Waals surface area contributed by atoms with Gasteiger partial charge in [0.2, 0.25) is 10.0 Å². The Hall–Kier alpha value is -1.61. The molecule has 1 aromatic carbocycles. The number of halogens is 3. The number of aldehydes is 1. The van der Waals surface area contributed by atoms with E-state index in [0.717, 1.165) is 24.5 Å². The second-order valence-corrected chi connectivity index (χ2v) is 7.52. The van der Waals surface area contributed by atoms with Crippen molar-refractivity contribution in [3.8, 4) is 5.75 Å². The van der Waals surface area contributed by atoms with Crippen LogP contribution in [-0.4, -0.2) is 33.3 Å². The van der Waals surface area contributed by atoms with Gasteiger partial charge in [-0.05, 0) is 38.8 Å². The number of carbonyl (C=O) groups is 1. The summed E-state index contributed by atoms with van der Waals surface area (Å²) in [5, 5.41) is 0. The first-order valence-corrected chi connectivity index (χ1v) is 8.74. The zero-order valence-electron chi connectivity index (χ0n) is 13.4. The summed E-state index contributed by atoms with van der Waals surface area (Å²) < 4.78 is 69.6. The van der Waals surface area contributed by atoms with Gasteiger partial charge in [-0.15, -0.1) is 0 Å². The number of unbranched alkanes of at least 4 members (excludes halogenated alkanes) is 1. The van der Waals surface area contributed by atoms with Crippen LogP contribution in [0.15, 0.2) is 23.1 Å². The molecule has 9 heteroatoms. The van der Waals surface area contributed by atoms with Crippen LogP contribution < -0.4 is 9.46 Å². The van der Waals surface area contributed by atoms with E-state index in [2.05, 4.69) is 9.46 Å². The van der Waals surface area contributed by atoms with Gasteiger partial charge < -0.3 is 9.53 Å². The van der Waals surface area contributed by atoms with Crippen molar-refractivity contribution in [1.29, 1.82) is 0 Å². The van der Waals surface area contributed by atoms with E-state index in [1.165, 1.54) is 0 Å². The maximum absolute atomic E-state index is 13.5. The van der Waals surface area contributed by atoms with Gasteiger partial charge in [0.05, 0.1) is 4.90 Å². The molecule has 0 saturated heterocycles. The Balaban J connectivity index is 2.93. The number of hydrogen-bond acceptors (Lipinski definition) is 4. The zero-order valence-corrected chi connectivity index (χ0v) is 14.2. The van der Waals surface area contributed by atoms with Crippen LogP contribution in [-0.2, 0) is 14.8 Å². The average molecular weight is 367 g/mol. The van der Waals surface area contributed by atoms with Crippen LogP contribution in [0.4, 0.5) is 13.2 Å². The fraction of sp³-hybridized carbons (Fsp3) is 0.533. The summed E-state index contributed by atoms with van der Waals surface area (Å²) in [5.41, 5.74) is -0.833. The van der Waals surface area contributed by atoms with Crippen molar-refractivity contribution in [1.82, 2.24) is 4.72 Å². The maximum Gasteiger partial charge on any atom is 0.272 e. The minimum Gasteiger partial charge on any atom is -0.485 e. The molecule has 5 nitrogen and oxygen atoms in total. The van der Waals surface area contributed by atoms with Crippen LogP contribution in [0.25, 0.3) is 0 Å². The smallest absolute Gasteiger partial charge is 0.272 e. The van der Waals surface area contributed by atoms with Gasteiger partial charge in [-0.2, -0.15) is 0 Å². The van der Waals surface area contributed by atoms with Gasteiger partial charge in [-0.3, -0.25) is 0 Å². The Kier molecular flexibility index (Phi) is 7.22. The molecule has 1 N–H and O–H groups in total.